The molecule has 0 aliphatic heterocycles. The zero-order valence-corrected chi connectivity index (χ0v) is 7.99. The van der Waals surface area contributed by atoms with Crippen molar-refractivity contribution in [2.24, 2.45) is 0 Å². The predicted molar refractivity (Wildman–Crippen MR) is 53.4 cm³/mol. The summed E-state index contributed by atoms with van der Waals surface area (Å²) in [5.41, 5.74) is 0.522. The van der Waals surface area contributed by atoms with Gasteiger partial charge < -0.3 is 5.11 Å². The first kappa shape index (κ1) is 9.58. The van der Waals surface area contributed by atoms with Crippen molar-refractivity contribution in [3.8, 4) is 0 Å². The van der Waals surface area contributed by atoms with Crippen molar-refractivity contribution in [3.63, 3.8) is 0 Å². The maximum atomic E-state index is 13.3. The molecule has 0 saturated heterocycles. The minimum Gasteiger partial charge on any atom is -0.477 e. The van der Waals surface area contributed by atoms with Gasteiger partial charge >= 0.3 is 5.97 Å². The van der Waals surface area contributed by atoms with Crippen LogP contribution in [0.3, 0.4) is 0 Å². The average Bonchev–Trinajstić information content (AvgIpc) is 2.16. The van der Waals surface area contributed by atoms with Crippen LogP contribution < -0.4 is 0 Å². The molecule has 0 atom stereocenters. The molecule has 4 heteroatoms. The lowest BCUT2D eigenvalue weighted by atomic mass is 10.1. The predicted octanol–water partition coefficient (Wildman–Crippen LogP) is 2.38. The van der Waals surface area contributed by atoms with E-state index < -0.39 is 11.8 Å². The van der Waals surface area contributed by atoms with Gasteiger partial charge in [-0.15, -0.1) is 0 Å². The first-order valence-corrected chi connectivity index (χ1v) is 4.39. The van der Waals surface area contributed by atoms with E-state index in [2.05, 4.69) is 4.98 Å². The molecule has 1 aromatic carbocycles. The molecule has 0 spiro atoms. The van der Waals surface area contributed by atoms with Crippen molar-refractivity contribution in [2.75, 3.05) is 0 Å². The molecule has 0 unspecified atom stereocenters. The van der Waals surface area contributed by atoms with Crippen LogP contribution in [0, 0.1) is 12.7 Å². The Hall–Kier alpha value is -1.97. The van der Waals surface area contributed by atoms with E-state index >= 15 is 0 Å². The van der Waals surface area contributed by atoms with Crippen LogP contribution in [0.4, 0.5) is 4.39 Å². The number of aromatic carboxylic acids is 1. The summed E-state index contributed by atoms with van der Waals surface area (Å²) in [5.74, 6) is -1.65. The number of carbonyl (C=O) groups is 1. The Morgan fingerprint density at radius 3 is 2.87 bits per heavy atom. The van der Waals surface area contributed by atoms with Gasteiger partial charge in [0.15, 0.2) is 5.69 Å². The van der Waals surface area contributed by atoms with Crippen molar-refractivity contribution >= 4 is 16.9 Å². The summed E-state index contributed by atoms with van der Waals surface area (Å²) < 4.78 is 13.3. The summed E-state index contributed by atoms with van der Waals surface area (Å²) >= 11 is 0. The van der Waals surface area contributed by atoms with Gasteiger partial charge in [-0.3, -0.25) is 0 Å². The highest BCUT2D eigenvalue weighted by atomic mass is 19.1. The van der Waals surface area contributed by atoms with E-state index in [-0.39, 0.29) is 11.2 Å². The molecule has 0 saturated carbocycles. The number of benzene rings is 1. The van der Waals surface area contributed by atoms with Gasteiger partial charge in [0.25, 0.3) is 0 Å². The first-order chi connectivity index (χ1) is 7.09. The molecule has 0 bridgehead atoms. The lowest BCUT2D eigenvalue weighted by Crippen LogP contribution is -2.04. The monoisotopic (exact) mass is 205 g/mol. The van der Waals surface area contributed by atoms with Gasteiger partial charge in [0, 0.05) is 5.39 Å². The molecule has 15 heavy (non-hydrogen) atoms. The molecule has 2 aromatic rings. The molecular formula is C11H8FNO2. The topological polar surface area (TPSA) is 50.2 Å². The van der Waals surface area contributed by atoms with Gasteiger partial charge in [-0.2, -0.15) is 0 Å². The molecule has 0 aliphatic rings. The Morgan fingerprint density at radius 2 is 2.20 bits per heavy atom. The number of aryl methyl sites for hydroxylation is 1. The Bertz CT molecular complexity index is 552. The Kier molecular flexibility index (Phi) is 2.11. The third kappa shape index (κ3) is 1.54. The van der Waals surface area contributed by atoms with Gasteiger partial charge in [0.2, 0.25) is 0 Å². The van der Waals surface area contributed by atoms with E-state index in [0.717, 1.165) is 0 Å². The number of nitrogens with zero attached hydrogens (tertiary/aromatic N) is 1. The fraction of sp³-hybridized carbons (Fsp3) is 0.0909. The molecule has 0 aliphatic carbocycles. The largest absolute Gasteiger partial charge is 0.477 e. The van der Waals surface area contributed by atoms with Crippen molar-refractivity contribution in [3.05, 3.63) is 41.3 Å². The highest BCUT2D eigenvalue weighted by Gasteiger charge is 2.11. The number of carboxylic acids is 1. The second kappa shape index (κ2) is 3.31. The van der Waals surface area contributed by atoms with Crippen LogP contribution in [0.2, 0.25) is 0 Å². The maximum absolute atomic E-state index is 13.3. The molecule has 3 nitrogen and oxygen atoms in total. The van der Waals surface area contributed by atoms with Gasteiger partial charge in [-0.05, 0) is 24.6 Å². The van der Waals surface area contributed by atoms with E-state index in [1.165, 1.54) is 6.07 Å². The molecular weight excluding hydrogens is 197 g/mol. The summed E-state index contributed by atoms with van der Waals surface area (Å²) in [4.78, 5) is 14.6. The first-order valence-electron chi connectivity index (χ1n) is 4.39. The zero-order valence-electron chi connectivity index (χ0n) is 7.99. The Morgan fingerprint density at radius 1 is 1.47 bits per heavy atom. The molecule has 1 heterocycles. The summed E-state index contributed by atoms with van der Waals surface area (Å²) in [6.07, 6.45) is 0. The Labute approximate surface area is 85.2 Å². The van der Waals surface area contributed by atoms with Gasteiger partial charge in [-0.1, -0.05) is 12.1 Å². The number of para-hydroxylation sites is 1. The number of carboxylic acid groups (broad SMARTS) is 1. The molecule has 0 radical (unpaired) electrons. The van der Waals surface area contributed by atoms with Crippen LogP contribution in [0.15, 0.2) is 24.3 Å². The van der Waals surface area contributed by atoms with E-state index in [4.69, 9.17) is 5.11 Å². The number of halogens is 1. The van der Waals surface area contributed by atoms with Crippen LogP contribution >= 0.6 is 0 Å². The standard InChI is InChI=1S/C11H8FNO2/c1-6-5-7-3-2-4-8(12)10(7)13-9(6)11(14)15/h2-5H,1H3,(H,14,15). The van der Waals surface area contributed by atoms with E-state index in [0.29, 0.717) is 10.9 Å². The number of hydrogen-bond donors (Lipinski definition) is 1. The lowest BCUT2D eigenvalue weighted by molar-refractivity contribution is 0.0690. The van der Waals surface area contributed by atoms with Gasteiger partial charge in [0.1, 0.15) is 11.3 Å². The summed E-state index contributed by atoms with van der Waals surface area (Å²) in [6, 6.07) is 6.15. The van der Waals surface area contributed by atoms with Crippen molar-refractivity contribution in [2.45, 2.75) is 6.92 Å². The second-order valence-electron chi connectivity index (χ2n) is 3.27. The average molecular weight is 205 g/mol. The van der Waals surface area contributed by atoms with Crippen LogP contribution in [-0.2, 0) is 0 Å². The number of pyridine rings is 1. The summed E-state index contributed by atoms with van der Waals surface area (Å²) in [7, 11) is 0. The quantitative estimate of drug-likeness (QED) is 0.777. The second-order valence-corrected chi connectivity index (χ2v) is 3.27. The molecule has 1 N–H and O–H groups in total. The zero-order chi connectivity index (χ0) is 11.0. The number of aromatic nitrogens is 1. The molecule has 0 fully saturated rings. The van der Waals surface area contributed by atoms with E-state index in [1.807, 2.05) is 0 Å². The fourth-order valence-electron chi connectivity index (χ4n) is 1.48. The minimum absolute atomic E-state index is 0.0977. The molecule has 0 amide bonds. The molecule has 2 rings (SSSR count). The smallest absolute Gasteiger partial charge is 0.354 e. The molecule has 76 valence electrons. The van der Waals surface area contributed by atoms with Crippen LogP contribution in [0.5, 0.6) is 0 Å². The maximum Gasteiger partial charge on any atom is 0.354 e. The van der Waals surface area contributed by atoms with Crippen molar-refractivity contribution in [1.82, 2.24) is 4.98 Å². The third-order valence-electron chi connectivity index (χ3n) is 2.19. The fourth-order valence-corrected chi connectivity index (χ4v) is 1.48. The van der Waals surface area contributed by atoms with E-state index in [1.54, 1.807) is 25.1 Å². The van der Waals surface area contributed by atoms with E-state index in [9.17, 15) is 9.18 Å². The minimum atomic E-state index is -1.14. The SMILES string of the molecule is Cc1cc2cccc(F)c2nc1C(=O)O. The number of rotatable bonds is 1. The molecule has 1 aromatic heterocycles. The van der Waals surface area contributed by atoms with Gasteiger partial charge in [-0.25, -0.2) is 14.2 Å². The van der Waals surface area contributed by atoms with Crippen LogP contribution in [0.1, 0.15) is 16.1 Å². The number of hydrogen-bond acceptors (Lipinski definition) is 2. The van der Waals surface area contributed by atoms with Gasteiger partial charge in [0.05, 0.1) is 0 Å². The summed E-state index contributed by atoms with van der Waals surface area (Å²) in [6.45, 7) is 1.64. The van der Waals surface area contributed by atoms with Crippen molar-refractivity contribution in [1.29, 1.82) is 0 Å². The normalized spacial score (nSPS) is 10.5. The summed E-state index contributed by atoms with van der Waals surface area (Å²) in [5, 5.41) is 9.44. The Balaban J connectivity index is 2.83. The number of fused-ring (bicyclic) bond motifs is 1. The third-order valence-corrected chi connectivity index (χ3v) is 2.19. The van der Waals surface area contributed by atoms with Crippen LogP contribution in [0.25, 0.3) is 10.9 Å². The van der Waals surface area contributed by atoms with Crippen LogP contribution in [-0.4, -0.2) is 16.1 Å². The van der Waals surface area contributed by atoms with Crippen molar-refractivity contribution < 1.29 is 14.3 Å². The highest BCUT2D eigenvalue weighted by Crippen LogP contribution is 2.18. The lowest BCUT2D eigenvalue weighted by Gasteiger charge is -2.03. The highest BCUT2D eigenvalue weighted by molar-refractivity contribution is 5.91.